The zero-order valence-electron chi connectivity index (χ0n) is 15.2. The predicted octanol–water partition coefficient (Wildman–Crippen LogP) is 4.08. The maximum atomic E-state index is 12.9. The standard InChI is InChI=1S/C18H25Cl2N3O3/c1-18(2,3)16-14(22-17(25)26)5-4-6-23(16)15(24)10-21-13-8-11(19)7-12(20)9-13/h7-9,14,16,21-22H,4-6,10H2,1-3H3,(H,25,26). The van der Waals surface area contributed by atoms with E-state index in [-0.39, 0.29) is 30.0 Å². The van der Waals surface area contributed by atoms with Crippen LogP contribution in [0.5, 0.6) is 0 Å². The van der Waals surface area contributed by atoms with Crippen LogP contribution in [0, 0.1) is 5.41 Å². The first-order valence-electron chi connectivity index (χ1n) is 8.57. The molecule has 2 atom stereocenters. The molecule has 8 heteroatoms. The first kappa shape index (κ1) is 20.6. The van der Waals surface area contributed by atoms with Crippen LogP contribution in [0.25, 0.3) is 0 Å². The lowest BCUT2D eigenvalue weighted by Crippen LogP contribution is -2.62. The molecule has 0 aromatic heterocycles. The van der Waals surface area contributed by atoms with Gasteiger partial charge < -0.3 is 20.6 Å². The molecule has 26 heavy (non-hydrogen) atoms. The number of rotatable bonds is 4. The number of benzene rings is 1. The molecule has 0 saturated carbocycles. The largest absolute Gasteiger partial charge is 0.465 e. The van der Waals surface area contributed by atoms with Crippen molar-refractivity contribution in [3.8, 4) is 0 Å². The lowest BCUT2D eigenvalue weighted by Gasteiger charge is -2.47. The van der Waals surface area contributed by atoms with Gasteiger partial charge in [0.25, 0.3) is 0 Å². The number of carbonyl (C=O) groups excluding carboxylic acids is 1. The second-order valence-corrected chi connectivity index (χ2v) is 8.48. The molecule has 1 saturated heterocycles. The van der Waals surface area contributed by atoms with Gasteiger partial charge in [-0.3, -0.25) is 4.79 Å². The number of nitrogens with zero attached hydrogens (tertiary/aromatic N) is 1. The quantitative estimate of drug-likeness (QED) is 0.709. The van der Waals surface area contributed by atoms with Crippen LogP contribution >= 0.6 is 23.2 Å². The summed E-state index contributed by atoms with van der Waals surface area (Å²) in [5, 5.41) is 15.7. The molecular formula is C18H25Cl2N3O3. The normalized spacial score (nSPS) is 20.6. The summed E-state index contributed by atoms with van der Waals surface area (Å²) in [7, 11) is 0. The van der Waals surface area contributed by atoms with E-state index in [0.717, 1.165) is 12.8 Å². The fourth-order valence-corrected chi connectivity index (χ4v) is 4.12. The van der Waals surface area contributed by atoms with Crippen molar-refractivity contribution in [1.82, 2.24) is 10.2 Å². The van der Waals surface area contributed by atoms with E-state index in [2.05, 4.69) is 10.6 Å². The summed E-state index contributed by atoms with van der Waals surface area (Å²) in [6.07, 6.45) is 0.409. The molecule has 0 radical (unpaired) electrons. The first-order valence-corrected chi connectivity index (χ1v) is 9.32. The minimum absolute atomic E-state index is 0.0853. The van der Waals surface area contributed by atoms with Crippen LogP contribution in [-0.4, -0.2) is 47.2 Å². The number of amides is 2. The fraction of sp³-hybridized carbons (Fsp3) is 0.556. The molecule has 1 aliphatic rings. The van der Waals surface area contributed by atoms with Crippen molar-refractivity contribution in [2.45, 2.75) is 45.7 Å². The van der Waals surface area contributed by atoms with Gasteiger partial charge in [-0.15, -0.1) is 0 Å². The van der Waals surface area contributed by atoms with Crippen LogP contribution in [0.2, 0.25) is 10.0 Å². The average molecular weight is 402 g/mol. The molecule has 2 rings (SSSR count). The van der Waals surface area contributed by atoms with Crippen molar-refractivity contribution in [3.05, 3.63) is 28.2 Å². The van der Waals surface area contributed by atoms with Crippen molar-refractivity contribution >= 4 is 40.9 Å². The van der Waals surface area contributed by atoms with Gasteiger partial charge in [-0.05, 0) is 36.5 Å². The number of halogens is 2. The number of anilines is 1. The van der Waals surface area contributed by atoms with Gasteiger partial charge in [0, 0.05) is 22.3 Å². The summed E-state index contributed by atoms with van der Waals surface area (Å²) >= 11 is 12.0. The van der Waals surface area contributed by atoms with E-state index in [1.54, 1.807) is 23.1 Å². The third-order valence-electron chi connectivity index (χ3n) is 4.45. The molecule has 0 aliphatic carbocycles. The molecule has 1 aromatic carbocycles. The van der Waals surface area contributed by atoms with E-state index in [0.29, 0.717) is 22.3 Å². The number of carboxylic acid groups (broad SMARTS) is 1. The molecule has 1 aromatic rings. The highest BCUT2D eigenvalue weighted by Gasteiger charge is 2.42. The Morgan fingerprint density at radius 3 is 2.38 bits per heavy atom. The van der Waals surface area contributed by atoms with E-state index in [1.165, 1.54) is 0 Å². The number of hydrogen-bond acceptors (Lipinski definition) is 3. The number of carbonyl (C=O) groups is 2. The third kappa shape index (κ3) is 5.42. The summed E-state index contributed by atoms with van der Waals surface area (Å²) in [5.74, 6) is -0.0853. The van der Waals surface area contributed by atoms with Crippen LogP contribution < -0.4 is 10.6 Å². The zero-order chi connectivity index (χ0) is 19.5. The van der Waals surface area contributed by atoms with E-state index < -0.39 is 6.09 Å². The maximum Gasteiger partial charge on any atom is 0.404 e. The maximum absolute atomic E-state index is 12.9. The molecule has 1 aliphatic heterocycles. The molecule has 1 fully saturated rings. The Labute approximate surface area is 163 Å². The van der Waals surface area contributed by atoms with Crippen molar-refractivity contribution in [1.29, 1.82) is 0 Å². The molecule has 2 unspecified atom stereocenters. The minimum atomic E-state index is -1.06. The Morgan fingerprint density at radius 1 is 1.23 bits per heavy atom. The Balaban J connectivity index is 2.12. The van der Waals surface area contributed by atoms with Gasteiger partial charge in [0.2, 0.25) is 5.91 Å². The van der Waals surface area contributed by atoms with E-state index in [9.17, 15) is 9.59 Å². The van der Waals surface area contributed by atoms with Crippen LogP contribution in [0.3, 0.4) is 0 Å². The summed E-state index contributed by atoms with van der Waals surface area (Å²) < 4.78 is 0. The van der Waals surface area contributed by atoms with Crippen LogP contribution in [0.4, 0.5) is 10.5 Å². The molecular weight excluding hydrogens is 377 g/mol. The van der Waals surface area contributed by atoms with E-state index >= 15 is 0 Å². The monoisotopic (exact) mass is 401 g/mol. The number of nitrogens with one attached hydrogen (secondary N) is 2. The van der Waals surface area contributed by atoms with Crippen molar-refractivity contribution in [3.63, 3.8) is 0 Å². The van der Waals surface area contributed by atoms with E-state index in [1.807, 2.05) is 20.8 Å². The van der Waals surface area contributed by atoms with Crippen LogP contribution in [-0.2, 0) is 4.79 Å². The average Bonchev–Trinajstić information content (AvgIpc) is 2.49. The fourth-order valence-electron chi connectivity index (χ4n) is 3.59. The molecule has 0 spiro atoms. The van der Waals surface area contributed by atoms with Gasteiger partial charge in [-0.25, -0.2) is 4.79 Å². The molecule has 1 heterocycles. The Morgan fingerprint density at radius 2 is 1.85 bits per heavy atom. The Bertz CT molecular complexity index is 656. The Kier molecular flexibility index (Phi) is 6.64. The second-order valence-electron chi connectivity index (χ2n) is 7.61. The van der Waals surface area contributed by atoms with Gasteiger partial charge >= 0.3 is 6.09 Å². The summed E-state index contributed by atoms with van der Waals surface area (Å²) in [6, 6.07) is 4.52. The molecule has 3 N–H and O–H groups in total. The number of piperidine rings is 1. The molecule has 2 amide bonds. The summed E-state index contributed by atoms with van der Waals surface area (Å²) in [6.45, 7) is 6.75. The second kappa shape index (κ2) is 8.35. The first-order chi connectivity index (χ1) is 12.1. The van der Waals surface area contributed by atoms with Gasteiger partial charge in [0.1, 0.15) is 0 Å². The van der Waals surface area contributed by atoms with Gasteiger partial charge in [-0.2, -0.15) is 0 Å². The minimum Gasteiger partial charge on any atom is -0.465 e. The van der Waals surface area contributed by atoms with Gasteiger partial charge in [-0.1, -0.05) is 44.0 Å². The zero-order valence-corrected chi connectivity index (χ0v) is 16.7. The van der Waals surface area contributed by atoms with E-state index in [4.69, 9.17) is 28.3 Å². The number of likely N-dealkylation sites (tertiary alicyclic amines) is 1. The van der Waals surface area contributed by atoms with Gasteiger partial charge in [0.15, 0.2) is 0 Å². The molecule has 6 nitrogen and oxygen atoms in total. The van der Waals surface area contributed by atoms with Gasteiger partial charge in [0.05, 0.1) is 18.6 Å². The van der Waals surface area contributed by atoms with Crippen LogP contribution in [0.15, 0.2) is 18.2 Å². The smallest absolute Gasteiger partial charge is 0.404 e. The highest BCUT2D eigenvalue weighted by atomic mass is 35.5. The summed E-state index contributed by atoms with van der Waals surface area (Å²) in [5.41, 5.74) is 0.406. The predicted molar refractivity (Wildman–Crippen MR) is 104 cm³/mol. The molecule has 0 bridgehead atoms. The van der Waals surface area contributed by atoms with Crippen molar-refractivity contribution in [2.24, 2.45) is 5.41 Å². The highest BCUT2D eigenvalue weighted by molar-refractivity contribution is 6.35. The lowest BCUT2D eigenvalue weighted by atomic mass is 9.77. The van der Waals surface area contributed by atoms with Crippen LogP contribution in [0.1, 0.15) is 33.6 Å². The molecule has 144 valence electrons. The lowest BCUT2D eigenvalue weighted by molar-refractivity contribution is -0.137. The third-order valence-corrected chi connectivity index (χ3v) is 4.89. The SMILES string of the molecule is CC(C)(C)C1C(NC(=O)O)CCCN1C(=O)CNc1cc(Cl)cc(Cl)c1. The number of hydrogen-bond donors (Lipinski definition) is 3. The Hall–Kier alpha value is -1.66. The summed E-state index contributed by atoms with van der Waals surface area (Å²) in [4.78, 5) is 25.8. The highest BCUT2D eigenvalue weighted by Crippen LogP contribution is 2.32. The topological polar surface area (TPSA) is 81.7 Å². The van der Waals surface area contributed by atoms with Crippen molar-refractivity contribution in [2.75, 3.05) is 18.4 Å². The van der Waals surface area contributed by atoms with Crippen molar-refractivity contribution < 1.29 is 14.7 Å².